The third-order valence-corrected chi connectivity index (χ3v) is 14.4. The fourth-order valence-electron chi connectivity index (χ4n) is 10.2. The number of ketones is 1. The number of hydrogen-bond acceptors (Lipinski definition) is 15. The summed E-state index contributed by atoms with van der Waals surface area (Å²) in [5, 5.41) is 20.1. The van der Waals surface area contributed by atoms with Gasteiger partial charge in [0, 0.05) is 35.0 Å². The lowest BCUT2D eigenvalue weighted by molar-refractivity contribution is -0.296. The topological polar surface area (TPSA) is 179 Å². The molecule has 5 heterocycles. The summed E-state index contributed by atoms with van der Waals surface area (Å²) < 4.78 is 43.6. The van der Waals surface area contributed by atoms with Crippen molar-refractivity contribution in [2.75, 3.05) is 47.0 Å². The zero-order valence-electron chi connectivity index (χ0n) is 39.5. The number of benzene rings is 1. The van der Waals surface area contributed by atoms with Gasteiger partial charge in [0.1, 0.15) is 43.7 Å². The maximum atomic E-state index is 14.7. The number of thiophene rings is 1. The number of carbonyl (C=O) groups excluding carboxylic acids is 3. The van der Waals surface area contributed by atoms with E-state index in [0.717, 1.165) is 21.2 Å². The van der Waals surface area contributed by atoms with Gasteiger partial charge in [-0.05, 0) is 91.2 Å². The largest absolute Gasteiger partial charge is 0.490 e. The first-order chi connectivity index (χ1) is 30.9. The van der Waals surface area contributed by atoms with Gasteiger partial charge in [-0.15, -0.1) is 11.3 Å². The van der Waals surface area contributed by atoms with Crippen molar-refractivity contribution in [2.24, 2.45) is 28.7 Å². The van der Waals surface area contributed by atoms with Crippen LogP contribution in [-0.4, -0.2) is 145 Å². The monoisotopic (exact) mass is 920 g/mol. The highest BCUT2D eigenvalue weighted by Gasteiger charge is 2.60. The number of Topliss-reactive ketones (excluding diaryl/α,β-unsaturated/α-hetero) is 1. The number of likely N-dealkylation sites (N-methyl/N-ethyl adjacent to an activating group) is 1. The minimum atomic E-state index is -1.28. The fourth-order valence-corrected chi connectivity index (χ4v) is 11.0. The Hall–Kier alpha value is -4.37. The number of aliphatic hydroxyl groups excluding tert-OH is 1. The van der Waals surface area contributed by atoms with E-state index in [1.165, 1.54) is 18.3 Å². The Balaban J connectivity index is 1.29. The summed E-state index contributed by atoms with van der Waals surface area (Å²) in [6.07, 6.45) is -3.32. The number of nitrogens with zero attached hydrogens (tertiary/aromatic N) is 3. The molecule has 0 spiro atoms. The van der Waals surface area contributed by atoms with Gasteiger partial charge in [0.05, 0.1) is 41.7 Å². The molecule has 1 aromatic carbocycles. The lowest BCUT2D eigenvalue weighted by Gasteiger charge is -2.47. The first kappa shape index (κ1) is 50.1. The lowest BCUT2D eigenvalue weighted by Crippen LogP contribution is -2.60. The Bertz CT molecular complexity index is 2090. The number of fused-ring (bicyclic) bond motifs is 1. The number of cyclic esters (lactones) is 1. The zero-order valence-corrected chi connectivity index (χ0v) is 40.4. The maximum absolute atomic E-state index is 14.7. The summed E-state index contributed by atoms with van der Waals surface area (Å²) in [4.78, 5) is 52.6. The van der Waals surface area contributed by atoms with E-state index in [1.54, 1.807) is 11.8 Å². The van der Waals surface area contributed by atoms with Gasteiger partial charge in [-0.3, -0.25) is 24.9 Å². The molecule has 4 aliphatic rings. The van der Waals surface area contributed by atoms with Crippen molar-refractivity contribution in [3.8, 4) is 17.6 Å². The molecule has 2 bridgehead atoms. The summed E-state index contributed by atoms with van der Waals surface area (Å²) in [5.41, 5.74) is -1.66. The number of aliphatic imine (C=N–C) groups is 1. The number of hydrogen-bond donors (Lipinski definition) is 2. The predicted molar refractivity (Wildman–Crippen MR) is 246 cm³/mol. The van der Waals surface area contributed by atoms with E-state index < -0.39 is 71.5 Å². The Labute approximate surface area is 388 Å². The summed E-state index contributed by atoms with van der Waals surface area (Å²) in [6.45, 7) is 16.0. The van der Waals surface area contributed by atoms with Gasteiger partial charge >= 0.3 is 12.1 Å². The highest BCUT2D eigenvalue weighted by Crippen LogP contribution is 2.44. The molecule has 2 aromatic rings. The number of aliphatic hydroxyl groups is 1. The summed E-state index contributed by atoms with van der Waals surface area (Å²) in [5.74, 6) is 3.30. The van der Waals surface area contributed by atoms with Crippen molar-refractivity contribution in [1.29, 1.82) is 5.41 Å². The van der Waals surface area contributed by atoms with Crippen LogP contribution in [0.15, 0.2) is 47.5 Å². The highest BCUT2D eigenvalue weighted by molar-refractivity contribution is 7.12. The van der Waals surface area contributed by atoms with Crippen molar-refractivity contribution < 1.29 is 52.6 Å². The first-order valence-electron chi connectivity index (χ1n) is 22.9. The van der Waals surface area contributed by atoms with Crippen LogP contribution in [0, 0.1) is 40.9 Å². The number of rotatable bonds is 12. The Morgan fingerprint density at radius 2 is 1.78 bits per heavy atom. The van der Waals surface area contributed by atoms with Gasteiger partial charge in [0.2, 0.25) is 0 Å². The van der Waals surface area contributed by atoms with E-state index in [9.17, 15) is 19.5 Å². The molecule has 15 nitrogen and oxygen atoms in total. The fraction of sp³-hybridized carbons (Fsp3) is 0.653. The van der Waals surface area contributed by atoms with Crippen molar-refractivity contribution in [3.05, 3.63) is 52.2 Å². The van der Waals surface area contributed by atoms with Crippen LogP contribution in [-0.2, 0) is 44.4 Å². The molecule has 4 aliphatic heterocycles. The van der Waals surface area contributed by atoms with Gasteiger partial charge < -0.3 is 43.2 Å². The van der Waals surface area contributed by atoms with Gasteiger partial charge in [0.15, 0.2) is 23.6 Å². The van der Waals surface area contributed by atoms with E-state index in [-0.39, 0.29) is 43.1 Å². The average molecular weight is 921 g/mol. The van der Waals surface area contributed by atoms with Gasteiger partial charge in [-0.2, -0.15) is 0 Å². The standard InChI is InChI=1S/C49H68N4O11S/c1-11-38-49(8)43-31(4)40(51-21-22-53(43)47(57)64-49)29(2)28-48(7,44(32(5)41(54)33(6)45(56)62-38)63-46-42(55)37(52(9)10)26-30(3)61-46)60-23-15-18-35-19-20-36(65-35)27-39(50)59-25-24-58-34-16-13-12-14-17-34/h12-14,16-17,19-20,29-33,37-38,42-44,46,50,55H,11,21-28H2,1-10H3/t29-,30-,31+,32+,33-,37+,38-,42-,43-,44-,46+,48+,49-/m1/s1. The molecule has 65 heavy (non-hydrogen) atoms. The van der Waals surface area contributed by atoms with Crippen molar-refractivity contribution in [3.63, 3.8) is 0 Å². The molecular formula is C49H68N4O11S. The van der Waals surface area contributed by atoms with Crippen LogP contribution < -0.4 is 4.74 Å². The number of nitrogens with one attached hydrogen (secondary N) is 1. The molecule has 356 valence electrons. The van der Waals surface area contributed by atoms with Crippen LogP contribution in [0.4, 0.5) is 4.79 Å². The summed E-state index contributed by atoms with van der Waals surface area (Å²) in [6, 6.07) is 12.5. The van der Waals surface area contributed by atoms with Crippen LogP contribution in [0.5, 0.6) is 5.75 Å². The van der Waals surface area contributed by atoms with Crippen LogP contribution in [0.1, 0.15) is 84.4 Å². The second-order valence-electron chi connectivity index (χ2n) is 18.5. The molecule has 0 unspecified atom stereocenters. The van der Waals surface area contributed by atoms with E-state index >= 15 is 0 Å². The van der Waals surface area contributed by atoms with Crippen molar-refractivity contribution >= 4 is 40.8 Å². The third-order valence-electron chi connectivity index (χ3n) is 13.4. The number of carbonyl (C=O) groups is 3. The summed E-state index contributed by atoms with van der Waals surface area (Å²) >= 11 is 1.45. The third kappa shape index (κ3) is 11.4. The molecule has 6 rings (SSSR count). The minimum absolute atomic E-state index is 0.0585. The Kier molecular flexibility index (Phi) is 16.6. The molecule has 0 saturated carbocycles. The van der Waals surface area contributed by atoms with Gasteiger partial charge in [0.25, 0.3) is 0 Å². The Morgan fingerprint density at radius 1 is 1.05 bits per heavy atom. The number of para-hydroxylation sites is 1. The number of ether oxygens (including phenoxy) is 7. The molecule has 16 heteroatoms. The normalized spacial score (nSPS) is 34.3. The first-order valence-corrected chi connectivity index (χ1v) is 23.7. The second kappa shape index (κ2) is 21.5. The van der Waals surface area contributed by atoms with E-state index in [0.29, 0.717) is 45.4 Å². The smallest absolute Gasteiger partial charge is 0.410 e. The number of amides is 1. The number of esters is 1. The molecule has 3 fully saturated rings. The minimum Gasteiger partial charge on any atom is -0.490 e. The van der Waals surface area contributed by atoms with Crippen LogP contribution in [0.3, 0.4) is 0 Å². The molecule has 0 aliphatic carbocycles. The Morgan fingerprint density at radius 3 is 2.49 bits per heavy atom. The summed E-state index contributed by atoms with van der Waals surface area (Å²) in [7, 11) is 3.78. The molecule has 0 radical (unpaired) electrons. The molecule has 1 aromatic heterocycles. The van der Waals surface area contributed by atoms with Crippen LogP contribution in [0.2, 0.25) is 0 Å². The highest BCUT2D eigenvalue weighted by atomic mass is 32.1. The van der Waals surface area contributed by atoms with Crippen LogP contribution in [0.25, 0.3) is 0 Å². The van der Waals surface area contributed by atoms with Crippen LogP contribution >= 0.6 is 11.3 Å². The quantitative estimate of drug-likeness (QED) is 0.0619. The predicted octanol–water partition coefficient (Wildman–Crippen LogP) is 6.17. The van der Waals surface area contributed by atoms with Gasteiger partial charge in [-0.25, -0.2) is 4.79 Å². The molecule has 3 saturated heterocycles. The SMILES string of the molecule is CC[C@H]1OC(=O)[C@H](C)C(=O)[C@H](C)[C@@H](O[C@@H]2O[C@H](C)C[C@H](N(C)C)[C@H]2O)[C@@](C)(OCC#Cc2ccc(CC(=N)OCCOc3ccccc3)s2)C[C@@H](C)C2=NCCN3C(=O)O[C@@]1(C)[C@H]3[C@H]2C. The lowest BCUT2D eigenvalue weighted by atomic mass is 9.73. The zero-order chi connectivity index (χ0) is 47.2. The maximum Gasteiger partial charge on any atom is 0.410 e. The van der Waals surface area contributed by atoms with Crippen molar-refractivity contribution in [2.45, 2.75) is 135 Å². The molecule has 1 amide bonds. The molecule has 13 atom stereocenters. The van der Waals surface area contributed by atoms with E-state index in [2.05, 4.69) is 18.8 Å². The van der Waals surface area contributed by atoms with E-state index in [1.807, 2.05) is 96.1 Å². The van der Waals surface area contributed by atoms with Gasteiger partial charge in [-0.1, -0.05) is 57.7 Å². The second-order valence-corrected chi connectivity index (χ2v) is 19.7. The van der Waals surface area contributed by atoms with E-state index in [4.69, 9.17) is 43.6 Å². The van der Waals surface area contributed by atoms with Crippen molar-refractivity contribution in [1.82, 2.24) is 9.80 Å². The average Bonchev–Trinajstić information content (AvgIpc) is 3.76. The molecular weight excluding hydrogens is 853 g/mol. The molecule has 2 N–H and O–H groups in total.